The first kappa shape index (κ1) is 21.0. The molecule has 0 saturated heterocycles. The summed E-state index contributed by atoms with van der Waals surface area (Å²) >= 11 is 1.31. The molecule has 0 atom stereocenters. The zero-order chi connectivity index (χ0) is 20.0. The summed E-state index contributed by atoms with van der Waals surface area (Å²) in [5.41, 5.74) is -0.325. The molecule has 2 heterocycles. The van der Waals surface area contributed by atoms with E-state index in [1.54, 1.807) is 12.3 Å². The second kappa shape index (κ2) is 9.07. The molecule has 2 rings (SSSR count). The van der Waals surface area contributed by atoms with Crippen LogP contribution in [0, 0.1) is 0 Å². The molecule has 8 nitrogen and oxygen atoms in total. The molecule has 148 valence electrons. The highest BCUT2D eigenvalue weighted by Crippen LogP contribution is 2.24. The molecule has 0 unspecified atom stereocenters. The fourth-order valence-corrected chi connectivity index (χ4v) is 3.40. The van der Waals surface area contributed by atoms with Crippen LogP contribution >= 0.6 is 11.8 Å². The van der Waals surface area contributed by atoms with Crippen LogP contribution in [-0.4, -0.2) is 55.9 Å². The molecular weight excluding hydrogens is 366 g/mol. The van der Waals surface area contributed by atoms with Crippen molar-refractivity contribution in [3.8, 4) is 11.6 Å². The number of thioether (sulfide) groups is 1. The number of likely N-dealkylation sites (N-methyl/N-ethyl adjacent to an activating group) is 1. The van der Waals surface area contributed by atoms with Crippen molar-refractivity contribution in [1.82, 2.24) is 25.0 Å². The van der Waals surface area contributed by atoms with Crippen LogP contribution in [0.5, 0.6) is 0 Å². The average molecular weight is 394 g/mol. The van der Waals surface area contributed by atoms with E-state index < -0.39 is 0 Å². The molecule has 0 spiro atoms. The van der Waals surface area contributed by atoms with Crippen molar-refractivity contribution >= 4 is 23.6 Å². The molecule has 2 aromatic rings. The Morgan fingerprint density at radius 1 is 1.30 bits per heavy atom. The lowest BCUT2D eigenvalue weighted by Crippen LogP contribution is -2.47. The van der Waals surface area contributed by atoms with Gasteiger partial charge >= 0.3 is 0 Å². The standard InChI is InChI=1S/C18H27N5O3S/c1-6-22(11-14(24)19-18(3,4)5)15(25)12-27-17-21-20-16(23(17)7-2)13-9-8-10-26-13/h8-10H,6-7,11-12H2,1-5H3,(H,19,24). The Balaban J connectivity index is 1.99. The largest absolute Gasteiger partial charge is 0.461 e. The Hall–Kier alpha value is -2.29. The van der Waals surface area contributed by atoms with Crippen LogP contribution in [0.15, 0.2) is 28.0 Å². The zero-order valence-corrected chi connectivity index (χ0v) is 17.3. The molecule has 9 heteroatoms. The summed E-state index contributed by atoms with van der Waals surface area (Å²) in [6.07, 6.45) is 1.59. The van der Waals surface area contributed by atoms with E-state index in [1.165, 1.54) is 16.7 Å². The van der Waals surface area contributed by atoms with E-state index in [1.807, 2.05) is 45.3 Å². The normalized spacial score (nSPS) is 11.4. The summed E-state index contributed by atoms with van der Waals surface area (Å²) in [5.74, 6) is 1.18. The van der Waals surface area contributed by atoms with Gasteiger partial charge in [0, 0.05) is 18.6 Å². The Morgan fingerprint density at radius 2 is 2.04 bits per heavy atom. The van der Waals surface area contributed by atoms with Gasteiger partial charge in [-0.2, -0.15) is 0 Å². The second-order valence-corrected chi connectivity index (χ2v) is 7.97. The highest BCUT2D eigenvalue weighted by Gasteiger charge is 2.21. The minimum Gasteiger partial charge on any atom is -0.461 e. The van der Waals surface area contributed by atoms with Crippen molar-refractivity contribution in [2.75, 3.05) is 18.8 Å². The highest BCUT2D eigenvalue weighted by molar-refractivity contribution is 7.99. The van der Waals surface area contributed by atoms with E-state index in [0.717, 1.165) is 0 Å². The van der Waals surface area contributed by atoms with Crippen molar-refractivity contribution in [1.29, 1.82) is 0 Å². The second-order valence-electron chi connectivity index (χ2n) is 7.02. The fourth-order valence-electron chi connectivity index (χ4n) is 2.49. The van der Waals surface area contributed by atoms with Crippen molar-refractivity contribution < 1.29 is 14.0 Å². The minimum atomic E-state index is -0.325. The summed E-state index contributed by atoms with van der Waals surface area (Å²) in [5, 5.41) is 11.9. The predicted octanol–water partition coefficient (Wildman–Crippen LogP) is 2.41. The van der Waals surface area contributed by atoms with Crippen LogP contribution in [0.2, 0.25) is 0 Å². The van der Waals surface area contributed by atoms with E-state index >= 15 is 0 Å². The third-order valence-corrected chi connectivity index (χ3v) is 4.63. The summed E-state index contributed by atoms with van der Waals surface area (Å²) in [6.45, 7) is 10.7. The average Bonchev–Trinajstić information content (AvgIpc) is 3.24. The molecule has 0 bridgehead atoms. The topological polar surface area (TPSA) is 93.3 Å². The van der Waals surface area contributed by atoms with Gasteiger partial charge in [0.1, 0.15) is 0 Å². The molecule has 0 aliphatic heterocycles. The number of nitrogens with one attached hydrogen (secondary N) is 1. The van der Waals surface area contributed by atoms with E-state index in [0.29, 0.717) is 29.8 Å². The van der Waals surface area contributed by atoms with Gasteiger partial charge in [-0.3, -0.25) is 14.2 Å². The van der Waals surface area contributed by atoms with E-state index in [9.17, 15) is 9.59 Å². The quantitative estimate of drug-likeness (QED) is 0.692. The molecule has 0 aliphatic rings. The van der Waals surface area contributed by atoms with Crippen LogP contribution in [0.1, 0.15) is 34.6 Å². The lowest BCUT2D eigenvalue weighted by atomic mass is 10.1. The Labute approximate surface area is 163 Å². The van der Waals surface area contributed by atoms with E-state index in [4.69, 9.17) is 4.42 Å². The maximum absolute atomic E-state index is 12.5. The van der Waals surface area contributed by atoms with Crippen molar-refractivity contribution in [2.45, 2.75) is 51.9 Å². The van der Waals surface area contributed by atoms with Gasteiger partial charge < -0.3 is 14.6 Å². The lowest BCUT2D eigenvalue weighted by Gasteiger charge is -2.25. The van der Waals surface area contributed by atoms with E-state index in [-0.39, 0.29) is 29.7 Å². The number of rotatable bonds is 8. The number of aromatic nitrogens is 3. The molecule has 2 amide bonds. The van der Waals surface area contributed by atoms with Gasteiger partial charge in [-0.25, -0.2) is 0 Å². The number of hydrogen-bond acceptors (Lipinski definition) is 6. The maximum atomic E-state index is 12.5. The zero-order valence-electron chi connectivity index (χ0n) is 16.5. The van der Waals surface area contributed by atoms with Gasteiger partial charge in [0.15, 0.2) is 16.7 Å². The molecule has 0 aromatic carbocycles. The van der Waals surface area contributed by atoms with Crippen LogP contribution in [0.4, 0.5) is 0 Å². The third-order valence-electron chi connectivity index (χ3n) is 3.68. The van der Waals surface area contributed by atoms with Gasteiger partial charge in [0.25, 0.3) is 0 Å². The Kier molecular flexibility index (Phi) is 7.06. The Morgan fingerprint density at radius 3 is 2.59 bits per heavy atom. The van der Waals surface area contributed by atoms with Crippen molar-refractivity contribution in [3.05, 3.63) is 18.4 Å². The minimum absolute atomic E-state index is 0.0469. The van der Waals surface area contributed by atoms with Crippen LogP contribution in [0.3, 0.4) is 0 Å². The molecule has 0 saturated carbocycles. The molecule has 2 aromatic heterocycles. The first-order valence-corrected chi connectivity index (χ1v) is 9.92. The molecule has 27 heavy (non-hydrogen) atoms. The molecule has 1 N–H and O–H groups in total. The fraction of sp³-hybridized carbons (Fsp3) is 0.556. The molecular formula is C18H27N5O3S. The predicted molar refractivity (Wildman–Crippen MR) is 104 cm³/mol. The van der Waals surface area contributed by atoms with Gasteiger partial charge in [-0.15, -0.1) is 10.2 Å². The first-order valence-electron chi connectivity index (χ1n) is 8.93. The van der Waals surface area contributed by atoms with Crippen molar-refractivity contribution in [3.63, 3.8) is 0 Å². The molecule has 0 fully saturated rings. The van der Waals surface area contributed by atoms with Crippen molar-refractivity contribution in [2.24, 2.45) is 0 Å². The molecule has 0 radical (unpaired) electrons. The van der Waals surface area contributed by atoms with Crippen LogP contribution in [-0.2, 0) is 16.1 Å². The van der Waals surface area contributed by atoms with Gasteiger partial charge in [0.05, 0.1) is 18.6 Å². The third kappa shape index (κ3) is 5.85. The highest BCUT2D eigenvalue weighted by atomic mass is 32.2. The number of amides is 2. The number of furan rings is 1. The van der Waals surface area contributed by atoms with Crippen LogP contribution < -0.4 is 5.32 Å². The molecule has 0 aliphatic carbocycles. The monoisotopic (exact) mass is 393 g/mol. The smallest absolute Gasteiger partial charge is 0.240 e. The number of carbonyl (C=O) groups excluding carboxylic acids is 2. The van der Waals surface area contributed by atoms with E-state index in [2.05, 4.69) is 15.5 Å². The first-order chi connectivity index (χ1) is 12.7. The summed E-state index contributed by atoms with van der Waals surface area (Å²) in [6, 6.07) is 3.62. The summed E-state index contributed by atoms with van der Waals surface area (Å²) in [4.78, 5) is 26.2. The number of nitrogens with zero attached hydrogens (tertiary/aromatic N) is 4. The summed E-state index contributed by atoms with van der Waals surface area (Å²) < 4.78 is 7.29. The van der Waals surface area contributed by atoms with Gasteiger partial charge in [-0.05, 0) is 46.8 Å². The van der Waals surface area contributed by atoms with Gasteiger partial charge in [-0.1, -0.05) is 11.8 Å². The van der Waals surface area contributed by atoms with Gasteiger partial charge in [0.2, 0.25) is 11.8 Å². The summed E-state index contributed by atoms with van der Waals surface area (Å²) in [7, 11) is 0. The Bertz CT molecular complexity index is 765. The van der Waals surface area contributed by atoms with Crippen LogP contribution in [0.25, 0.3) is 11.6 Å². The lowest BCUT2D eigenvalue weighted by molar-refractivity contribution is -0.134. The number of carbonyl (C=O) groups is 2. The SMILES string of the molecule is CCN(CC(=O)NC(C)(C)C)C(=O)CSc1nnc(-c2ccco2)n1CC. The maximum Gasteiger partial charge on any atom is 0.240 e. The number of hydrogen-bond donors (Lipinski definition) is 1.